The molecule has 1 amide bonds. The molecule has 30 heavy (non-hydrogen) atoms. The Bertz CT molecular complexity index is 924. The van der Waals surface area contributed by atoms with E-state index in [0.29, 0.717) is 5.56 Å². The van der Waals surface area contributed by atoms with Crippen LogP contribution in [-0.2, 0) is 4.79 Å². The average molecular weight is 406 g/mol. The number of amides is 1. The van der Waals surface area contributed by atoms with Crippen molar-refractivity contribution in [2.45, 2.75) is 25.3 Å². The molecule has 0 radical (unpaired) electrons. The molecule has 3 rings (SSSR count). The van der Waals surface area contributed by atoms with Gasteiger partial charge in [0.2, 0.25) is 0 Å². The fraction of sp³-hybridized carbons (Fsp3) is 0.348. The third kappa shape index (κ3) is 5.66. The van der Waals surface area contributed by atoms with Crippen LogP contribution in [0.3, 0.4) is 0 Å². The minimum Gasteiger partial charge on any atom is -0.388 e. The lowest BCUT2D eigenvalue weighted by Gasteiger charge is -2.27. The molecule has 7 heteroatoms. The molecule has 0 unspecified atom stereocenters. The topological polar surface area (TPSA) is 109 Å². The number of nitrogens with two attached hydrogens (primary N) is 1. The summed E-state index contributed by atoms with van der Waals surface area (Å²) in [7, 11) is 0. The molecule has 1 aromatic heterocycles. The highest BCUT2D eigenvalue weighted by atomic mass is 16.3. The standard InChI is InChI=1S/C23H26N4O3/c24-14-20(21(29)16-28)26-23(30)19-9-6-17(7-10-19)4-5-18-8-11-22(25-15-18)27-12-2-1-3-13-27/h6-11,15,20,28H,1-3,12-14,16,24H2,(H,26,30)/t20-/m0/s1. The summed E-state index contributed by atoms with van der Waals surface area (Å²) in [4.78, 5) is 30.6. The van der Waals surface area contributed by atoms with E-state index in [1.807, 2.05) is 12.1 Å². The number of aromatic nitrogens is 1. The van der Waals surface area contributed by atoms with Gasteiger partial charge in [0.25, 0.3) is 5.91 Å². The maximum absolute atomic E-state index is 12.2. The number of aliphatic hydroxyl groups is 1. The van der Waals surface area contributed by atoms with Crippen LogP contribution in [0.15, 0.2) is 42.6 Å². The largest absolute Gasteiger partial charge is 0.388 e. The van der Waals surface area contributed by atoms with Gasteiger partial charge in [-0.15, -0.1) is 0 Å². The number of ketones is 1. The van der Waals surface area contributed by atoms with Crippen molar-refractivity contribution in [3.8, 4) is 11.8 Å². The summed E-state index contributed by atoms with van der Waals surface area (Å²) in [5.74, 6) is 6.19. The summed E-state index contributed by atoms with van der Waals surface area (Å²) < 4.78 is 0. The second-order valence-electron chi connectivity index (χ2n) is 7.17. The molecule has 4 N–H and O–H groups in total. The molecule has 1 aromatic carbocycles. The highest BCUT2D eigenvalue weighted by Gasteiger charge is 2.18. The second kappa shape index (κ2) is 10.5. The van der Waals surface area contributed by atoms with E-state index >= 15 is 0 Å². The number of carbonyl (C=O) groups excluding carboxylic acids is 2. The number of hydrogen-bond donors (Lipinski definition) is 3. The number of carbonyl (C=O) groups is 2. The van der Waals surface area contributed by atoms with Crippen molar-refractivity contribution >= 4 is 17.5 Å². The van der Waals surface area contributed by atoms with Gasteiger partial charge in [-0.25, -0.2) is 4.98 Å². The van der Waals surface area contributed by atoms with Crippen LogP contribution in [0.2, 0.25) is 0 Å². The first kappa shape index (κ1) is 21.5. The molecule has 1 saturated heterocycles. The van der Waals surface area contributed by atoms with Crippen LogP contribution in [-0.4, -0.2) is 54.1 Å². The highest BCUT2D eigenvalue weighted by Crippen LogP contribution is 2.17. The Morgan fingerprint density at radius 2 is 1.73 bits per heavy atom. The molecular weight excluding hydrogens is 380 g/mol. The Kier molecular flexibility index (Phi) is 7.55. The number of nitrogens with zero attached hydrogens (tertiary/aromatic N) is 2. The molecule has 156 valence electrons. The summed E-state index contributed by atoms with van der Waals surface area (Å²) in [6.07, 6.45) is 5.49. The van der Waals surface area contributed by atoms with Gasteiger partial charge in [0.05, 0.1) is 0 Å². The predicted octanol–water partition coefficient (Wildman–Crippen LogP) is 1.09. The number of hydrogen-bond acceptors (Lipinski definition) is 6. The predicted molar refractivity (Wildman–Crippen MR) is 115 cm³/mol. The van der Waals surface area contributed by atoms with Crippen LogP contribution in [0, 0.1) is 11.8 Å². The van der Waals surface area contributed by atoms with Gasteiger partial charge < -0.3 is 21.1 Å². The van der Waals surface area contributed by atoms with Crippen molar-refractivity contribution in [3.05, 3.63) is 59.3 Å². The van der Waals surface area contributed by atoms with Gasteiger partial charge in [-0.1, -0.05) is 11.8 Å². The van der Waals surface area contributed by atoms with E-state index < -0.39 is 24.3 Å². The molecule has 1 aliphatic heterocycles. The van der Waals surface area contributed by atoms with Crippen molar-refractivity contribution in [2.24, 2.45) is 5.73 Å². The molecule has 0 bridgehead atoms. The van der Waals surface area contributed by atoms with E-state index in [4.69, 9.17) is 10.8 Å². The molecule has 1 aliphatic rings. The van der Waals surface area contributed by atoms with Crippen molar-refractivity contribution in [1.82, 2.24) is 10.3 Å². The summed E-state index contributed by atoms with van der Waals surface area (Å²) in [5, 5.41) is 11.4. The molecule has 0 aliphatic carbocycles. The maximum atomic E-state index is 12.2. The molecule has 0 saturated carbocycles. The van der Waals surface area contributed by atoms with Gasteiger partial charge in [0.15, 0.2) is 5.78 Å². The van der Waals surface area contributed by atoms with Crippen LogP contribution in [0.25, 0.3) is 0 Å². The first-order valence-electron chi connectivity index (χ1n) is 10.1. The van der Waals surface area contributed by atoms with Gasteiger partial charge in [0, 0.05) is 42.5 Å². The SMILES string of the molecule is NC[C@H](NC(=O)c1ccc(C#Cc2ccc(N3CCCCC3)nc2)cc1)C(=O)CO. The summed E-state index contributed by atoms with van der Waals surface area (Å²) in [6.45, 7) is 1.38. The van der Waals surface area contributed by atoms with Crippen LogP contribution < -0.4 is 16.0 Å². The summed E-state index contributed by atoms with van der Waals surface area (Å²) >= 11 is 0. The molecular formula is C23H26N4O3. The van der Waals surface area contributed by atoms with E-state index in [1.54, 1.807) is 30.5 Å². The van der Waals surface area contributed by atoms with Gasteiger partial charge in [-0.3, -0.25) is 9.59 Å². The Morgan fingerprint density at radius 3 is 2.33 bits per heavy atom. The molecule has 2 heterocycles. The van der Waals surface area contributed by atoms with Gasteiger partial charge in [0.1, 0.15) is 18.5 Å². The number of piperidine rings is 1. The summed E-state index contributed by atoms with van der Waals surface area (Å²) in [5.41, 5.74) is 7.44. The number of anilines is 1. The molecule has 0 spiro atoms. The monoisotopic (exact) mass is 406 g/mol. The lowest BCUT2D eigenvalue weighted by molar-refractivity contribution is -0.123. The van der Waals surface area contributed by atoms with Crippen LogP contribution in [0.4, 0.5) is 5.82 Å². The fourth-order valence-corrected chi connectivity index (χ4v) is 3.24. The first-order valence-corrected chi connectivity index (χ1v) is 10.1. The second-order valence-corrected chi connectivity index (χ2v) is 7.17. The van der Waals surface area contributed by atoms with E-state index in [1.165, 1.54) is 19.3 Å². The van der Waals surface area contributed by atoms with Crippen LogP contribution in [0.1, 0.15) is 40.7 Å². The molecule has 2 aromatic rings. The van der Waals surface area contributed by atoms with E-state index in [9.17, 15) is 9.59 Å². The highest BCUT2D eigenvalue weighted by molar-refractivity contribution is 5.98. The van der Waals surface area contributed by atoms with E-state index in [0.717, 1.165) is 30.0 Å². The zero-order valence-electron chi connectivity index (χ0n) is 16.8. The minimum atomic E-state index is -0.901. The Hall–Kier alpha value is -3.21. The van der Waals surface area contributed by atoms with Crippen LogP contribution in [0.5, 0.6) is 0 Å². The van der Waals surface area contributed by atoms with Gasteiger partial charge in [-0.05, 0) is 55.7 Å². The first-order chi connectivity index (χ1) is 14.6. The number of nitrogens with one attached hydrogen (secondary N) is 1. The van der Waals surface area contributed by atoms with E-state index in [-0.39, 0.29) is 6.54 Å². The third-order valence-electron chi connectivity index (χ3n) is 5.01. The van der Waals surface area contributed by atoms with Gasteiger partial charge in [-0.2, -0.15) is 0 Å². The molecule has 7 nitrogen and oxygen atoms in total. The number of benzene rings is 1. The average Bonchev–Trinajstić information content (AvgIpc) is 2.81. The lowest BCUT2D eigenvalue weighted by atomic mass is 10.1. The number of rotatable bonds is 6. The summed E-state index contributed by atoms with van der Waals surface area (Å²) in [6, 6.07) is 9.82. The van der Waals surface area contributed by atoms with Crippen molar-refractivity contribution in [3.63, 3.8) is 0 Å². The quantitative estimate of drug-likeness (QED) is 0.620. The zero-order chi connectivity index (χ0) is 21.3. The Balaban J connectivity index is 1.61. The van der Waals surface area contributed by atoms with Gasteiger partial charge >= 0.3 is 0 Å². The maximum Gasteiger partial charge on any atom is 0.251 e. The smallest absolute Gasteiger partial charge is 0.251 e. The zero-order valence-corrected chi connectivity index (χ0v) is 16.8. The fourth-order valence-electron chi connectivity index (χ4n) is 3.24. The normalized spacial score (nSPS) is 14.4. The van der Waals surface area contributed by atoms with Crippen molar-refractivity contribution in [1.29, 1.82) is 0 Å². The number of pyridine rings is 1. The minimum absolute atomic E-state index is 0.0702. The number of aliphatic hydroxyl groups excluding tert-OH is 1. The Morgan fingerprint density at radius 1 is 1.07 bits per heavy atom. The van der Waals surface area contributed by atoms with Crippen molar-refractivity contribution in [2.75, 3.05) is 31.1 Å². The third-order valence-corrected chi connectivity index (χ3v) is 5.01. The lowest BCUT2D eigenvalue weighted by Crippen LogP contribution is -2.46. The van der Waals surface area contributed by atoms with Crippen LogP contribution >= 0.6 is 0 Å². The Labute approximate surface area is 176 Å². The van der Waals surface area contributed by atoms with E-state index in [2.05, 4.69) is 27.0 Å². The molecule has 1 atom stereocenters. The number of Topliss-reactive ketones (excluding diaryl/α,β-unsaturated/α-hetero) is 1. The molecule has 1 fully saturated rings. The van der Waals surface area contributed by atoms with Crippen molar-refractivity contribution < 1.29 is 14.7 Å².